The molecule has 0 saturated carbocycles. The molecule has 3 rings (SSSR count). The topological polar surface area (TPSA) is 74.3 Å². The smallest absolute Gasteiger partial charge is 0.257 e. The van der Waals surface area contributed by atoms with Gasteiger partial charge in [0.25, 0.3) is 5.91 Å². The first-order chi connectivity index (χ1) is 12.1. The van der Waals surface area contributed by atoms with Crippen LogP contribution in [0.5, 0.6) is 0 Å². The summed E-state index contributed by atoms with van der Waals surface area (Å²) >= 11 is 1.39. The van der Waals surface area contributed by atoms with Crippen molar-refractivity contribution in [1.82, 2.24) is 9.88 Å². The summed E-state index contributed by atoms with van der Waals surface area (Å²) in [6, 6.07) is 7.56. The Balaban J connectivity index is 1.61. The average molecular weight is 358 g/mol. The molecule has 2 N–H and O–H groups in total. The molecule has 0 unspecified atom stereocenters. The SMILES string of the molecule is CC(C)[C@@H]1Nc2ccccc2C(=O)N1CCCC(=O)Nc1nccs1. The summed E-state index contributed by atoms with van der Waals surface area (Å²) in [5, 5.41) is 8.64. The van der Waals surface area contributed by atoms with Crippen molar-refractivity contribution in [2.45, 2.75) is 32.9 Å². The number of aromatic nitrogens is 1. The minimum absolute atomic E-state index is 0.0216. The van der Waals surface area contributed by atoms with Gasteiger partial charge in [-0.15, -0.1) is 11.3 Å². The fraction of sp³-hybridized carbons (Fsp3) is 0.389. The Morgan fingerprint density at radius 3 is 2.92 bits per heavy atom. The Bertz CT molecular complexity index is 745. The molecule has 1 aromatic heterocycles. The van der Waals surface area contributed by atoms with Crippen LogP contribution >= 0.6 is 11.3 Å². The van der Waals surface area contributed by atoms with E-state index in [9.17, 15) is 9.59 Å². The molecule has 25 heavy (non-hydrogen) atoms. The lowest BCUT2D eigenvalue weighted by Crippen LogP contribution is -2.51. The van der Waals surface area contributed by atoms with Gasteiger partial charge >= 0.3 is 0 Å². The highest BCUT2D eigenvalue weighted by Crippen LogP contribution is 2.28. The highest BCUT2D eigenvalue weighted by atomic mass is 32.1. The first-order valence-corrected chi connectivity index (χ1v) is 9.30. The van der Waals surface area contributed by atoms with Crippen LogP contribution in [0.25, 0.3) is 0 Å². The third-order valence-corrected chi connectivity index (χ3v) is 4.86. The Labute approximate surface area is 151 Å². The second kappa shape index (κ2) is 7.65. The molecule has 0 radical (unpaired) electrons. The number of rotatable bonds is 6. The largest absolute Gasteiger partial charge is 0.364 e. The summed E-state index contributed by atoms with van der Waals surface area (Å²) in [7, 11) is 0. The van der Waals surface area contributed by atoms with Crippen LogP contribution in [-0.2, 0) is 4.79 Å². The zero-order valence-corrected chi connectivity index (χ0v) is 15.2. The summed E-state index contributed by atoms with van der Waals surface area (Å²) < 4.78 is 0. The molecular formula is C18H22N4O2S. The molecule has 2 aromatic rings. The van der Waals surface area contributed by atoms with Gasteiger partial charge in [0.2, 0.25) is 5.91 Å². The van der Waals surface area contributed by atoms with Crippen LogP contribution < -0.4 is 10.6 Å². The molecule has 0 aliphatic carbocycles. The number of benzene rings is 1. The molecule has 7 heteroatoms. The summed E-state index contributed by atoms with van der Waals surface area (Å²) in [5.41, 5.74) is 1.57. The van der Waals surface area contributed by atoms with Gasteiger partial charge in [0.15, 0.2) is 5.13 Å². The van der Waals surface area contributed by atoms with Gasteiger partial charge in [0, 0.05) is 30.2 Å². The Kier molecular flexibility index (Phi) is 5.33. The van der Waals surface area contributed by atoms with Gasteiger partial charge in [0.1, 0.15) is 6.17 Å². The number of anilines is 2. The van der Waals surface area contributed by atoms with Crippen LogP contribution in [0, 0.1) is 5.92 Å². The zero-order chi connectivity index (χ0) is 17.8. The molecule has 132 valence electrons. The predicted octanol–water partition coefficient (Wildman–Crippen LogP) is 3.41. The van der Waals surface area contributed by atoms with Gasteiger partial charge in [-0.1, -0.05) is 26.0 Å². The molecule has 1 aliphatic rings. The summed E-state index contributed by atoms with van der Waals surface area (Å²) in [6.07, 6.45) is 2.55. The third-order valence-electron chi connectivity index (χ3n) is 4.17. The number of para-hydroxylation sites is 1. The highest BCUT2D eigenvalue weighted by Gasteiger charge is 2.33. The number of thiazole rings is 1. The number of nitrogens with zero attached hydrogens (tertiary/aromatic N) is 2. The molecule has 1 aromatic carbocycles. The van der Waals surface area contributed by atoms with E-state index in [1.807, 2.05) is 34.5 Å². The molecule has 2 heterocycles. The summed E-state index contributed by atoms with van der Waals surface area (Å²) in [4.78, 5) is 30.7. The Morgan fingerprint density at radius 1 is 1.40 bits per heavy atom. The summed E-state index contributed by atoms with van der Waals surface area (Å²) in [6.45, 7) is 4.70. The molecule has 1 aliphatic heterocycles. The number of carbonyl (C=O) groups excluding carboxylic acids is 2. The molecule has 0 fully saturated rings. The molecule has 0 spiro atoms. The fourth-order valence-electron chi connectivity index (χ4n) is 2.96. The minimum atomic E-state index is -0.0751. The maximum Gasteiger partial charge on any atom is 0.257 e. The lowest BCUT2D eigenvalue weighted by molar-refractivity contribution is -0.116. The van der Waals surface area contributed by atoms with Crippen molar-refractivity contribution in [3.05, 3.63) is 41.4 Å². The van der Waals surface area contributed by atoms with Crippen LogP contribution in [0.15, 0.2) is 35.8 Å². The van der Waals surface area contributed by atoms with Crippen molar-refractivity contribution in [3.8, 4) is 0 Å². The molecule has 2 amide bonds. The maximum atomic E-state index is 12.8. The number of hydrogen-bond acceptors (Lipinski definition) is 5. The van der Waals surface area contributed by atoms with E-state index in [-0.39, 0.29) is 23.9 Å². The van der Waals surface area contributed by atoms with E-state index in [1.54, 1.807) is 6.20 Å². The van der Waals surface area contributed by atoms with Gasteiger partial charge in [-0.2, -0.15) is 0 Å². The third kappa shape index (κ3) is 3.99. The first-order valence-electron chi connectivity index (χ1n) is 8.42. The van der Waals surface area contributed by atoms with Crippen molar-refractivity contribution in [1.29, 1.82) is 0 Å². The van der Waals surface area contributed by atoms with E-state index < -0.39 is 0 Å². The van der Waals surface area contributed by atoms with Crippen molar-refractivity contribution >= 4 is 34.0 Å². The first kappa shape index (κ1) is 17.4. The molecule has 0 saturated heterocycles. The normalized spacial score (nSPS) is 16.5. The van der Waals surface area contributed by atoms with Crippen molar-refractivity contribution in [2.24, 2.45) is 5.92 Å². The fourth-order valence-corrected chi connectivity index (χ4v) is 3.50. The van der Waals surface area contributed by atoms with Gasteiger partial charge < -0.3 is 15.5 Å². The van der Waals surface area contributed by atoms with Gasteiger partial charge in [-0.25, -0.2) is 4.98 Å². The second-order valence-electron chi connectivity index (χ2n) is 6.37. The van der Waals surface area contributed by atoms with Crippen LogP contribution in [0.4, 0.5) is 10.8 Å². The standard InChI is InChI=1S/C18H22N4O2S/c1-12(2)16-20-14-7-4-3-6-13(14)17(24)22(16)10-5-8-15(23)21-18-19-9-11-25-18/h3-4,6-7,9,11-12,16,20H,5,8,10H2,1-2H3,(H,19,21,23)/t16-/m1/s1. The molecule has 1 atom stereocenters. The second-order valence-corrected chi connectivity index (χ2v) is 7.26. The molecule has 0 bridgehead atoms. The van der Waals surface area contributed by atoms with Gasteiger partial charge in [-0.3, -0.25) is 9.59 Å². The van der Waals surface area contributed by atoms with Gasteiger partial charge in [-0.05, 0) is 24.5 Å². The van der Waals surface area contributed by atoms with Crippen molar-refractivity contribution in [3.63, 3.8) is 0 Å². The van der Waals surface area contributed by atoms with Crippen LogP contribution in [0.3, 0.4) is 0 Å². The van der Waals surface area contributed by atoms with E-state index in [2.05, 4.69) is 29.5 Å². The number of nitrogens with one attached hydrogen (secondary N) is 2. The van der Waals surface area contributed by atoms with E-state index in [4.69, 9.17) is 0 Å². The van der Waals surface area contributed by atoms with Crippen LogP contribution in [-0.4, -0.2) is 34.4 Å². The van der Waals surface area contributed by atoms with E-state index in [1.165, 1.54) is 11.3 Å². The average Bonchev–Trinajstić information content (AvgIpc) is 3.09. The maximum absolute atomic E-state index is 12.8. The van der Waals surface area contributed by atoms with E-state index >= 15 is 0 Å². The predicted molar refractivity (Wildman–Crippen MR) is 99.7 cm³/mol. The van der Waals surface area contributed by atoms with Crippen molar-refractivity contribution in [2.75, 3.05) is 17.2 Å². The number of fused-ring (bicyclic) bond motifs is 1. The summed E-state index contributed by atoms with van der Waals surface area (Å²) in [5.74, 6) is 0.212. The minimum Gasteiger partial charge on any atom is -0.364 e. The molecular weight excluding hydrogens is 336 g/mol. The highest BCUT2D eigenvalue weighted by molar-refractivity contribution is 7.13. The number of amides is 2. The Morgan fingerprint density at radius 2 is 2.20 bits per heavy atom. The number of carbonyl (C=O) groups is 2. The lowest BCUT2D eigenvalue weighted by atomic mass is 10.0. The van der Waals surface area contributed by atoms with Crippen LogP contribution in [0.2, 0.25) is 0 Å². The van der Waals surface area contributed by atoms with E-state index in [0.717, 1.165) is 5.69 Å². The van der Waals surface area contributed by atoms with E-state index in [0.29, 0.717) is 30.1 Å². The zero-order valence-electron chi connectivity index (χ0n) is 14.4. The number of hydrogen-bond donors (Lipinski definition) is 2. The monoisotopic (exact) mass is 358 g/mol. The van der Waals surface area contributed by atoms with Crippen LogP contribution in [0.1, 0.15) is 37.0 Å². The lowest BCUT2D eigenvalue weighted by Gasteiger charge is -2.40. The van der Waals surface area contributed by atoms with Crippen molar-refractivity contribution < 1.29 is 9.59 Å². The Hall–Kier alpha value is -2.41. The molecule has 6 nitrogen and oxygen atoms in total. The van der Waals surface area contributed by atoms with Gasteiger partial charge in [0.05, 0.1) is 5.56 Å². The quantitative estimate of drug-likeness (QED) is 0.830.